The van der Waals surface area contributed by atoms with E-state index in [0.717, 1.165) is 12.2 Å². The zero-order valence-corrected chi connectivity index (χ0v) is 10.5. The largest absolute Gasteiger partial charge is 0.507 e. The number of carbonyl (C=O) groups is 1. The summed E-state index contributed by atoms with van der Waals surface area (Å²) in [5.41, 5.74) is 1.41. The van der Waals surface area contributed by atoms with Crippen LogP contribution in [-0.2, 0) is 13.1 Å². The first kappa shape index (κ1) is 12.9. The molecule has 0 spiro atoms. The van der Waals surface area contributed by atoms with Gasteiger partial charge in [-0.3, -0.25) is 4.68 Å². The number of rotatable bonds is 5. The molecule has 1 heterocycles. The summed E-state index contributed by atoms with van der Waals surface area (Å²) in [4.78, 5) is 10.8. The van der Waals surface area contributed by atoms with Crippen LogP contribution in [0.2, 0.25) is 0 Å². The second-order valence-electron chi connectivity index (χ2n) is 4.05. The molecule has 0 aliphatic carbocycles. The predicted molar refractivity (Wildman–Crippen MR) is 70.3 cm³/mol. The van der Waals surface area contributed by atoms with Crippen LogP contribution in [0.1, 0.15) is 23.0 Å². The van der Waals surface area contributed by atoms with E-state index in [-0.39, 0.29) is 11.3 Å². The summed E-state index contributed by atoms with van der Waals surface area (Å²) < 4.78 is 1.82. The molecular formula is C13H15N3O3. The first-order valence-corrected chi connectivity index (χ1v) is 5.92. The number of carboxylic acids is 1. The maximum absolute atomic E-state index is 10.8. The van der Waals surface area contributed by atoms with Crippen LogP contribution in [-0.4, -0.2) is 26.0 Å². The van der Waals surface area contributed by atoms with Crippen molar-refractivity contribution in [3.05, 3.63) is 41.7 Å². The molecule has 19 heavy (non-hydrogen) atoms. The number of aromatic carboxylic acids is 1. The Balaban J connectivity index is 2.03. The fourth-order valence-electron chi connectivity index (χ4n) is 1.69. The van der Waals surface area contributed by atoms with Gasteiger partial charge in [-0.1, -0.05) is 0 Å². The molecule has 1 aromatic carbocycles. The number of aryl methyl sites for hydroxylation is 1. The standard InChI is InChI=1S/C13H15N3O3/c1-2-16-6-5-10(15-16)8-14-9-3-4-11(13(18)19)12(17)7-9/h3-7,14,17H,2,8H2,1H3,(H,18,19). The smallest absolute Gasteiger partial charge is 0.339 e. The van der Waals surface area contributed by atoms with Gasteiger partial charge in [0.15, 0.2) is 0 Å². The Kier molecular flexibility index (Phi) is 3.70. The first-order valence-electron chi connectivity index (χ1n) is 5.92. The summed E-state index contributed by atoms with van der Waals surface area (Å²) in [7, 11) is 0. The van der Waals surface area contributed by atoms with Crippen LogP contribution in [0.3, 0.4) is 0 Å². The molecule has 1 aromatic heterocycles. The monoisotopic (exact) mass is 261 g/mol. The van der Waals surface area contributed by atoms with Gasteiger partial charge in [-0.15, -0.1) is 0 Å². The van der Waals surface area contributed by atoms with Gasteiger partial charge in [0.2, 0.25) is 0 Å². The molecule has 2 rings (SSSR count). The fraction of sp³-hybridized carbons (Fsp3) is 0.231. The summed E-state index contributed by atoms with van der Waals surface area (Å²) >= 11 is 0. The Labute approximate surface area is 110 Å². The van der Waals surface area contributed by atoms with Crippen LogP contribution in [0.25, 0.3) is 0 Å². The van der Waals surface area contributed by atoms with Crippen LogP contribution in [0, 0.1) is 0 Å². The normalized spacial score (nSPS) is 10.4. The van der Waals surface area contributed by atoms with Crippen molar-refractivity contribution in [1.82, 2.24) is 9.78 Å². The Morgan fingerprint density at radius 2 is 2.21 bits per heavy atom. The van der Waals surface area contributed by atoms with E-state index in [1.165, 1.54) is 12.1 Å². The molecule has 0 atom stereocenters. The van der Waals surface area contributed by atoms with Crippen molar-refractivity contribution in [2.75, 3.05) is 5.32 Å². The topological polar surface area (TPSA) is 87.4 Å². The van der Waals surface area contributed by atoms with Gasteiger partial charge in [0.1, 0.15) is 11.3 Å². The number of anilines is 1. The highest BCUT2D eigenvalue weighted by Crippen LogP contribution is 2.22. The molecule has 6 heteroatoms. The maximum atomic E-state index is 10.8. The minimum atomic E-state index is -1.15. The molecule has 0 saturated heterocycles. The van der Waals surface area contributed by atoms with Gasteiger partial charge in [-0.2, -0.15) is 5.10 Å². The summed E-state index contributed by atoms with van der Waals surface area (Å²) in [6.45, 7) is 3.33. The Hall–Kier alpha value is -2.50. The fourth-order valence-corrected chi connectivity index (χ4v) is 1.69. The lowest BCUT2D eigenvalue weighted by molar-refractivity contribution is 0.0694. The van der Waals surface area contributed by atoms with E-state index in [4.69, 9.17) is 5.11 Å². The SMILES string of the molecule is CCn1ccc(CNc2ccc(C(=O)O)c(O)c2)n1. The Bertz CT molecular complexity index is 593. The van der Waals surface area contributed by atoms with E-state index in [1.54, 1.807) is 6.07 Å². The molecule has 2 aromatic rings. The van der Waals surface area contributed by atoms with Crippen LogP contribution in [0.4, 0.5) is 5.69 Å². The van der Waals surface area contributed by atoms with Crippen molar-refractivity contribution in [2.24, 2.45) is 0 Å². The van der Waals surface area contributed by atoms with Crippen LogP contribution in [0.5, 0.6) is 5.75 Å². The number of benzene rings is 1. The number of aromatic nitrogens is 2. The number of nitrogens with one attached hydrogen (secondary N) is 1. The second-order valence-corrected chi connectivity index (χ2v) is 4.05. The van der Waals surface area contributed by atoms with Crippen molar-refractivity contribution >= 4 is 11.7 Å². The van der Waals surface area contributed by atoms with Crippen molar-refractivity contribution < 1.29 is 15.0 Å². The van der Waals surface area contributed by atoms with E-state index in [1.807, 2.05) is 23.9 Å². The highest BCUT2D eigenvalue weighted by Gasteiger charge is 2.09. The van der Waals surface area contributed by atoms with Gasteiger partial charge < -0.3 is 15.5 Å². The van der Waals surface area contributed by atoms with Gasteiger partial charge >= 0.3 is 5.97 Å². The molecule has 0 aliphatic rings. The first-order chi connectivity index (χ1) is 9.10. The molecule has 0 amide bonds. The average Bonchev–Trinajstić information content (AvgIpc) is 2.84. The van der Waals surface area contributed by atoms with Crippen molar-refractivity contribution in [3.63, 3.8) is 0 Å². The minimum absolute atomic E-state index is 0.110. The minimum Gasteiger partial charge on any atom is -0.507 e. The number of phenols is 1. The zero-order chi connectivity index (χ0) is 13.8. The predicted octanol–water partition coefficient (Wildman–Crippen LogP) is 1.92. The molecule has 0 fully saturated rings. The summed E-state index contributed by atoms with van der Waals surface area (Å²) in [5.74, 6) is -1.40. The molecule has 3 N–H and O–H groups in total. The van der Waals surface area contributed by atoms with Crippen molar-refractivity contribution in [1.29, 1.82) is 0 Å². The number of hydrogen-bond acceptors (Lipinski definition) is 4. The lowest BCUT2D eigenvalue weighted by Gasteiger charge is -2.06. The lowest BCUT2D eigenvalue weighted by atomic mass is 10.2. The van der Waals surface area contributed by atoms with E-state index in [9.17, 15) is 9.90 Å². The summed E-state index contributed by atoms with van der Waals surface area (Å²) in [5, 5.41) is 25.7. The lowest BCUT2D eigenvalue weighted by Crippen LogP contribution is -2.03. The van der Waals surface area contributed by atoms with Gasteiger partial charge in [0.05, 0.1) is 12.2 Å². The molecule has 6 nitrogen and oxygen atoms in total. The molecule has 0 bridgehead atoms. The molecule has 0 saturated carbocycles. The van der Waals surface area contributed by atoms with Crippen molar-refractivity contribution in [2.45, 2.75) is 20.0 Å². The van der Waals surface area contributed by atoms with Gasteiger partial charge in [0, 0.05) is 24.5 Å². The van der Waals surface area contributed by atoms with Crippen LogP contribution >= 0.6 is 0 Å². The third-order valence-corrected chi connectivity index (χ3v) is 2.72. The second kappa shape index (κ2) is 5.43. The molecular weight excluding hydrogens is 246 g/mol. The van der Waals surface area contributed by atoms with Crippen LogP contribution < -0.4 is 5.32 Å². The summed E-state index contributed by atoms with van der Waals surface area (Å²) in [6, 6.07) is 6.27. The Morgan fingerprint density at radius 3 is 2.79 bits per heavy atom. The number of nitrogens with zero attached hydrogens (tertiary/aromatic N) is 2. The van der Waals surface area contributed by atoms with Gasteiger partial charge in [-0.05, 0) is 25.1 Å². The number of hydrogen-bond donors (Lipinski definition) is 3. The maximum Gasteiger partial charge on any atom is 0.339 e. The molecule has 0 radical (unpaired) electrons. The molecule has 0 unspecified atom stereocenters. The van der Waals surface area contributed by atoms with E-state index in [2.05, 4.69) is 10.4 Å². The zero-order valence-electron chi connectivity index (χ0n) is 10.5. The van der Waals surface area contributed by atoms with Gasteiger partial charge in [0.25, 0.3) is 0 Å². The number of aromatic hydroxyl groups is 1. The van der Waals surface area contributed by atoms with Crippen molar-refractivity contribution in [3.8, 4) is 5.75 Å². The number of carboxylic acid groups (broad SMARTS) is 1. The van der Waals surface area contributed by atoms with E-state index < -0.39 is 5.97 Å². The van der Waals surface area contributed by atoms with Crippen LogP contribution in [0.15, 0.2) is 30.5 Å². The van der Waals surface area contributed by atoms with E-state index in [0.29, 0.717) is 12.2 Å². The molecule has 0 aliphatic heterocycles. The average molecular weight is 261 g/mol. The summed E-state index contributed by atoms with van der Waals surface area (Å²) in [6.07, 6.45) is 1.89. The highest BCUT2D eigenvalue weighted by atomic mass is 16.4. The third kappa shape index (κ3) is 3.04. The highest BCUT2D eigenvalue weighted by molar-refractivity contribution is 5.91. The Morgan fingerprint density at radius 1 is 1.42 bits per heavy atom. The van der Waals surface area contributed by atoms with E-state index >= 15 is 0 Å². The molecule has 100 valence electrons. The quantitative estimate of drug-likeness (QED) is 0.765. The third-order valence-electron chi connectivity index (χ3n) is 2.72. The van der Waals surface area contributed by atoms with Gasteiger partial charge in [-0.25, -0.2) is 4.79 Å².